The van der Waals surface area contributed by atoms with Crippen LogP contribution in [0.15, 0.2) is 134 Å². The van der Waals surface area contributed by atoms with Gasteiger partial charge in [0.25, 0.3) is 0 Å². The number of hydrogen-bond acceptors (Lipinski definition) is 2. The van der Waals surface area contributed by atoms with Gasteiger partial charge >= 0.3 is 121 Å². The molecule has 0 bridgehead atoms. The smallest absolute Gasteiger partial charge is 0 e. The van der Waals surface area contributed by atoms with Gasteiger partial charge in [-0.05, 0) is 80.5 Å². The molecule has 0 amide bonds. The monoisotopic (exact) mass is 1070 g/mol. The maximum Gasteiger partial charge on any atom is 0 e. The average Bonchev–Trinajstić information content (AvgIpc) is 3.86. The van der Waals surface area contributed by atoms with Crippen LogP contribution in [0.2, 0.25) is 17.3 Å². The van der Waals surface area contributed by atoms with E-state index < -0.39 is 27.0 Å². The van der Waals surface area contributed by atoms with Crippen LogP contribution < -0.4 is 4.40 Å². The number of benzene rings is 7. The van der Waals surface area contributed by atoms with E-state index in [0.717, 1.165) is 33.4 Å². The van der Waals surface area contributed by atoms with Crippen molar-refractivity contribution in [3.8, 4) is 28.3 Å². The minimum absolute atomic E-state index is 0. The predicted octanol–water partition coefficient (Wildman–Crippen LogP) is 14.9. The number of para-hydroxylation sites is 3. The van der Waals surface area contributed by atoms with Crippen LogP contribution in [0.1, 0.15) is 76.9 Å². The molecule has 3 heterocycles. The summed E-state index contributed by atoms with van der Waals surface area (Å²) in [7, 11) is 0. The van der Waals surface area contributed by atoms with Crippen LogP contribution in [0.4, 0.5) is 0 Å². The summed E-state index contributed by atoms with van der Waals surface area (Å²) < 4.78 is 51.3. The third-order valence-electron chi connectivity index (χ3n) is 12.2. The number of aryl methyl sites for hydroxylation is 3. The molecule has 4 nitrogen and oxygen atoms in total. The third-order valence-corrected chi connectivity index (χ3v) is 16.4. The van der Waals surface area contributed by atoms with Crippen molar-refractivity contribution in [3.05, 3.63) is 168 Å². The van der Waals surface area contributed by atoms with Gasteiger partial charge in [-0.3, -0.25) is 4.98 Å². The van der Waals surface area contributed by atoms with E-state index in [1.807, 2.05) is 0 Å². The first-order valence-electron chi connectivity index (χ1n) is 24.7. The fourth-order valence-corrected chi connectivity index (χ4v) is 11.9. The summed E-state index contributed by atoms with van der Waals surface area (Å²) in [5.74, 6) is 8.06. The number of rotatable bonds is 7. The van der Waals surface area contributed by atoms with E-state index >= 15 is 0 Å². The van der Waals surface area contributed by atoms with Crippen molar-refractivity contribution in [2.24, 2.45) is 0 Å². The number of imidazole rings is 1. The molecular formula is C57H56GeIrN4-2. The van der Waals surface area contributed by atoms with E-state index in [-0.39, 0.29) is 25.7 Å². The first-order chi connectivity index (χ1) is 32.3. The van der Waals surface area contributed by atoms with Crippen molar-refractivity contribution in [2.45, 2.75) is 84.0 Å². The molecule has 0 spiro atoms. The Kier molecular flexibility index (Phi) is 10.4. The minimum Gasteiger partial charge on any atom is 0 e. The Morgan fingerprint density at radius 2 is 1.40 bits per heavy atom. The topological polar surface area (TPSA) is 35.6 Å². The maximum atomic E-state index is 7.82. The number of pyridine rings is 1. The molecule has 0 aliphatic heterocycles. The summed E-state index contributed by atoms with van der Waals surface area (Å²) in [6.07, 6.45) is 1.67. The van der Waals surface area contributed by atoms with Crippen LogP contribution in [0.3, 0.4) is 0 Å². The van der Waals surface area contributed by atoms with E-state index in [1.165, 1.54) is 72.3 Å². The molecular weight excluding hydrogens is 1010 g/mol. The van der Waals surface area contributed by atoms with E-state index in [4.69, 9.17) is 13.2 Å². The molecule has 0 N–H and O–H groups in total. The summed E-state index contributed by atoms with van der Waals surface area (Å²) in [6, 6.07) is 50.4. The Balaban J connectivity index is 0.000000219. The van der Waals surface area contributed by atoms with Crippen LogP contribution in [0.5, 0.6) is 0 Å². The fourth-order valence-electron chi connectivity index (χ4n) is 9.08. The Morgan fingerprint density at radius 1 is 0.667 bits per heavy atom. The van der Waals surface area contributed by atoms with Gasteiger partial charge in [-0.25, -0.2) is 0 Å². The summed E-state index contributed by atoms with van der Waals surface area (Å²) in [5.41, 5.74) is 11.1. The van der Waals surface area contributed by atoms with Crippen molar-refractivity contribution in [1.82, 2.24) is 19.1 Å². The van der Waals surface area contributed by atoms with Crippen molar-refractivity contribution < 1.29 is 28.3 Å². The molecule has 0 saturated carbocycles. The molecule has 0 saturated heterocycles. The molecule has 7 aromatic carbocycles. The maximum absolute atomic E-state index is 7.82. The molecule has 0 aliphatic rings. The molecule has 10 aromatic rings. The Bertz CT molecular complexity index is 3500. The first kappa shape index (κ1) is 37.1. The van der Waals surface area contributed by atoms with Crippen LogP contribution in [-0.2, 0) is 26.7 Å². The molecule has 63 heavy (non-hydrogen) atoms. The van der Waals surface area contributed by atoms with Crippen molar-refractivity contribution in [3.63, 3.8) is 0 Å². The molecule has 0 fully saturated rings. The van der Waals surface area contributed by atoms with Gasteiger partial charge in [0, 0.05) is 37.9 Å². The van der Waals surface area contributed by atoms with Crippen LogP contribution >= 0.6 is 0 Å². The van der Waals surface area contributed by atoms with Crippen LogP contribution in [0.25, 0.3) is 82.7 Å². The zero-order chi connectivity index (χ0) is 48.4. The minimum atomic E-state index is -2.38. The summed E-state index contributed by atoms with van der Waals surface area (Å²) in [6.45, 7) is 7.88. The average molecular weight is 1070 g/mol. The molecule has 1 radical (unpaired) electrons. The van der Waals surface area contributed by atoms with Gasteiger partial charge in [-0.2, -0.15) is 0 Å². The van der Waals surface area contributed by atoms with Gasteiger partial charge in [0.2, 0.25) is 0 Å². The Hall–Kier alpha value is -5.33. The second-order valence-electron chi connectivity index (χ2n) is 17.9. The van der Waals surface area contributed by atoms with E-state index in [9.17, 15) is 0 Å². The van der Waals surface area contributed by atoms with E-state index in [0.29, 0.717) is 28.7 Å². The Labute approximate surface area is 397 Å². The standard InChI is InChI=1S/C41H36N3.C16H20GeN.Ir/c1-6-43-36-22-19-28(24-34(36)39-33-20-18-27-12-7-8-13-31(27)32(33)21-23-38(39)43)41-42-35-16-9-10-17-37(35)44(41)40-29(25(2)3)14-11-15-30(40)26(4)5;1-12-6-8-14(9-7-12)16-10-13(2)15(11-18-16)17(3,4)5;/h7-18,20-26H,6H2,1-5H3;6-8,10-11H,1-5H3;/q2*-1;/i;1D3,2D3;. The molecule has 319 valence electrons. The van der Waals surface area contributed by atoms with Gasteiger partial charge in [0.15, 0.2) is 0 Å². The molecule has 0 unspecified atom stereocenters. The Morgan fingerprint density at radius 3 is 2.10 bits per heavy atom. The van der Waals surface area contributed by atoms with Gasteiger partial charge < -0.3 is 9.13 Å². The quantitative estimate of drug-likeness (QED) is 0.0906. The van der Waals surface area contributed by atoms with Gasteiger partial charge in [0.1, 0.15) is 0 Å². The van der Waals surface area contributed by atoms with Gasteiger partial charge in [0.05, 0.1) is 16.9 Å². The number of aromatic nitrogens is 4. The molecule has 0 aliphatic carbocycles. The van der Waals surface area contributed by atoms with E-state index in [1.54, 1.807) is 18.3 Å². The number of nitrogens with zero attached hydrogens (tertiary/aromatic N) is 4. The first-order valence-corrected chi connectivity index (χ1v) is 29.0. The predicted molar refractivity (Wildman–Crippen MR) is 268 cm³/mol. The molecule has 0 atom stereocenters. The zero-order valence-corrected chi connectivity index (χ0v) is 41.7. The number of fused-ring (bicyclic) bond motifs is 8. The van der Waals surface area contributed by atoms with Crippen LogP contribution in [-0.4, -0.2) is 32.4 Å². The molecule has 10 rings (SSSR count). The number of hydrogen-bond donors (Lipinski definition) is 0. The SMILES string of the molecule is CCn1c2c[c-]c(-c3nc4ccccc4n3-c3c(C(C)C)cccc3C(C)C)cc2c2c3ccc4ccccc4c3ccc21.[2H]C([2H])([2H])c1c[c-]c(-c2cc(C([2H])([2H])[2H])[c]([Ge]([CH3])([CH3])[CH3])cn2)cc1.[Ir]. The fraction of sp³-hybridized carbons (Fsp3) is 0.228. The van der Waals surface area contributed by atoms with Crippen molar-refractivity contribution in [1.29, 1.82) is 0 Å². The normalized spacial score (nSPS) is 13.7. The zero-order valence-electron chi connectivity index (χ0n) is 43.2. The van der Waals surface area contributed by atoms with Gasteiger partial charge in [-0.15, -0.1) is 23.8 Å². The second kappa shape index (κ2) is 17.7. The largest absolute Gasteiger partial charge is 0 e. The van der Waals surface area contributed by atoms with Crippen molar-refractivity contribution in [2.75, 3.05) is 0 Å². The van der Waals surface area contributed by atoms with Crippen LogP contribution in [0, 0.1) is 25.8 Å². The van der Waals surface area contributed by atoms with E-state index in [2.05, 4.69) is 181 Å². The summed E-state index contributed by atoms with van der Waals surface area (Å²) in [4.78, 5) is 9.71. The van der Waals surface area contributed by atoms with Crippen molar-refractivity contribution >= 4 is 72.0 Å². The molecule has 6 heteroatoms. The third kappa shape index (κ3) is 8.09. The summed E-state index contributed by atoms with van der Waals surface area (Å²) >= 11 is -2.38. The molecule has 3 aromatic heterocycles. The summed E-state index contributed by atoms with van der Waals surface area (Å²) in [5, 5.41) is 7.69. The second-order valence-corrected chi connectivity index (χ2v) is 28.5. The van der Waals surface area contributed by atoms with Gasteiger partial charge in [-0.1, -0.05) is 106 Å².